The maximum atomic E-state index is 11.7. The summed E-state index contributed by atoms with van der Waals surface area (Å²) in [4.78, 5) is 11.7. The number of carbonyl (C=O) groups is 1. The van der Waals surface area contributed by atoms with Gasteiger partial charge in [0.1, 0.15) is 11.4 Å². The van der Waals surface area contributed by atoms with Crippen LogP contribution in [0.3, 0.4) is 0 Å². The number of carbonyl (C=O) groups excluding carboxylic acids is 1. The van der Waals surface area contributed by atoms with Crippen molar-refractivity contribution in [3.8, 4) is 0 Å². The Bertz CT molecular complexity index is 401. The number of unbranched alkanes of at least 4 members (excludes halogenated alkanes) is 1. The summed E-state index contributed by atoms with van der Waals surface area (Å²) in [5.41, 5.74) is 6.27. The second-order valence-electron chi connectivity index (χ2n) is 4.10. The van der Waals surface area contributed by atoms with E-state index in [9.17, 15) is 4.79 Å². The number of nitrogens with two attached hydrogens (primary N) is 1. The summed E-state index contributed by atoms with van der Waals surface area (Å²) in [7, 11) is 1.34. The molecule has 0 aliphatic carbocycles. The molecule has 0 aliphatic rings. The van der Waals surface area contributed by atoms with Crippen LogP contribution in [0.1, 0.15) is 43.5 Å². The molecule has 0 aromatic carbocycles. The summed E-state index contributed by atoms with van der Waals surface area (Å²) in [5, 5.41) is 7.46. The molecule has 0 atom stereocenters. The van der Waals surface area contributed by atoms with Crippen LogP contribution in [0.5, 0.6) is 0 Å². The van der Waals surface area contributed by atoms with Gasteiger partial charge in [-0.2, -0.15) is 5.10 Å². The lowest BCUT2D eigenvalue weighted by Gasteiger charge is -2.04. The predicted octanol–water partition coefficient (Wildman–Crippen LogP) is 1.87. The zero-order chi connectivity index (χ0) is 13.5. The highest BCUT2D eigenvalue weighted by Gasteiger charge is 2.22. The SMILES string of the molecule is CCCCNc1nn(CCC)c(N)c1C(=O)OC. The van der Waals surface area contributed by atoms with E-state index in [0.717, 1.165) is 25.8 Å². The first-order chi connectivity index (χ1) is 8.65. The Morgan fingerprint density at radius 1 is 1.44 bits per heavy atom. The average molecular weight is 254 g/mol. The Labute approximate surface area is 107 Å². The van der Waals surface area contributed by atoms with Gasteiger partial charge in [-0.3, -0.25) is 0 Å². The van der Waals surface area contributed by atoms with Gasteiger partial charge < -0.3 is 15.8 Å². The summed E-state index contributed by atoms with van der Waals surface area (Å²) in [6, 6.07) is 0. The summed E-state index contributed by atoms with van der Waals surface area (Å²) in [6.45, 7) is 5.59. The summed E-state index contributed by atoms with van der Waals surface area (Å²) >= 11 is 0. The van der Waals surface area contributed by atoms with Gasteiger partial charge in [0.15, 0.2) is 5.82 Å². The van der Waals surface area contributed by atoms with Crippen molar-refractivity contribution in [3.05, 3.63) is 5.56 Å². The third-order valence-electron chi connectivity index (χ3n) is 2.64. The number of esters is 1. The lowest BCUT2D eigenvalue weighted by atomic mass is 10.3. The second-order valence-corrected chi connectivity index (χ2v) is 4.10. The summed E-state index contributed by atoms with van der Waals surface area (Å²) < 4.78 is 6.38. The Hall–Kier alpha value is -1.72. The number of nitrogens with zero attached hydrogens (tertiary/aromatic N) is 2. The van der Waals surface area contributed by atoms with E-state index in [4.69, 9.17) is 10.5 Å². The van der Waals surface area contributed by atoms with Crippen molar-refractivity contribution in [2.75, 3.05) is 24.7 Å². The minimum absolute atomic E-state index is 0.335. The maximum Gasteiger partial charge on any atom is 0.345 e. The maximum absolute atomic E-state index is 11.7. The molecule has 0 spiro atoms. The molecule has 0 amide bonds. The van der Waals surface area contributed by atoms with Crippen LogP contribution in [0, 0.1) is 0 Å². The Kier molecular flexibility index (Phi) is 5.48. The van der Waals surface area contributed by atoms with Crippen molar-refractivity contribution in [3.63, 3.8) is 0 Å². The Morgan fingerprint density at radius 2 is 2.17 bits per heavy atom. The van der Waals surface area contributed by atoms with Gasteiger partial charge in [-0.05, 0) is 12.8 Å². The number of hydrogen-bond donors (Lipinski definition) is 2. The first-order valence-corrected chi connectivity index (χ1v) is 6.34. The highest BCUT2D eigenvalue weighted by Crippen LogP contribution is 2.23. The number of nitrogen functional groups attached to an aromatic ring is 1. The van der Waals surface area contributed by atoms with Crippen LogP contribution in [0.15, 0.2) is 0 Å². The molecular formula is C12H22N4O2. The van der Waals surface area contributed by atoms with E-state index in [-0.39, 0.29) is 0 Å². The van der Waals surface area contributed by atoms with Crippen molar-refractivity contribution in [2.24, 2.45) is 0 Å². The van der Waals surface area contributed by atoms with Gasteiger partial charge in [0.2, 0.25) is 0 Å². The molecule has 102 valence electrons. The number of methoxy groups -OCH3 is 1. The Morgan fingerprint density at radius 3 is 2.72 bits per heavy atom. The van der Waals surface area contributed by atoms with Gasteiger partial charge in [0.25, 0.3) is 0 Å². The topological polar surface area (TPSA) is 82.2 Å². The van der Waals surface area contributed by atoms with Crippen LogP contribution < -0.4 is 11.1 Å². The van der Waals surface area contributed by atoms with E-state index in [0.29, 0.717) is 23.7 Å². The van der Waals surface area contributed by atoms with Gasteiger partial charge in [-0.1, -0.05) is 20.3 Å². The second kappa shape index (κ2) is 6.88. The fraction of sp³-hybridized carbons (Fsp3) is 0.667. The number of hydrogen-bond acceptors (Lipinski definition) is 5. The largest absolute Gasteiger partial charge is 0.465 e. The number of aryl methyl sites for hydroxylation is 1. The lowest BCUT2D eigenvalue weighted by molar-refractivity contribution is 0.0603. The molecule has 6 nitrogen and oxygen atoms in total. The van der Waals surface area contributed by atoms with Crippen molar-refractivity contribution >= 4 is 17.6 Å². The quantitative estimate of drug-likeness (QED) is 0.573. The highest BCUT2D eigenvalue weighted by atomic mass is 16.5. The fourth-order valence-corrected chi connectivity index (χ4v) is 1.67. The lowest BCUT2D eigenvalue weighted by Crippen LogP contribution is -2.10. The molecule has 0 bridgehead atoms. The van der Waals surface area contributed by atoms with Crippen LogP contribution in [0.25, 0.3) is 0 Å². The molecular weight excluding hydrogens is 232 g/mol. The molecule has 0 aliphatic heterocycles. The molecule has 1 aromatic rings. The van der Waals surface area contributed by atoms with Crippen molar-refractivity contribution < 1.29 is 9.53 Å². The van der Waals surface area contributed by atoms with E-state index in [1.54, 1.807) is 4.68 Å². The predicted molar refractivity (Wildman–Crippen MR) is 71.7 cm³/mol. The fourth-order valence-electron chi connectivity index (χ4n) is 1.67. The molecule has 0 fully saturated rings. The zero-order valence-corrected chi connectivity index (χ0v) is 11.3. The van der Waals surface area contributed by atoms with Gasteiger partial charge in [0, 0.05) is 13.1 Å². The van der Waals surface area contributed by atoms with Crippen LogP contribution in [0.2, 0.25) is 0 Å². The smallest absolute Gasteiger partial charge is 0.345 e. The molecule has 18 heavy (non-hydrogen) atoms. The molecule has 0 saturated heterocycles. The molecule has 0 radical (unpaired) electrons. The van der Waals surface area contributed by atoms with Crippen LogP contribution in [0.4, 0.5) is 11.6 Å². The van der Waals surface area contributed by atoms with Gasteiger partial charge in [-0.25, -0.2) is 9.48 Å². The van der Waals surface area contributed by atoms with Crippen LogP contribution in [-0.2, 0) is 11.3 Å². The molecule has 6 heteroatoms. The average Bonchev–Trinajstić information content (AvgIpc) is 2.66. The summed E-state index contributed by atoms with van der Waals surface area (Å²) in [5.74, 6) is 0.429. The number of anilines is 2. The van der Waals surface area contributed by atoms with E-state index in [2.05, 4.69) is 17.3 Å². The molecule has 3 N–H and O–H groups in total. The molecule has 0 unspecified atom stereocenters. The van der Waals surface area contributed by atoms with E-state index < -0.39 is 5.97 Å². The monoisotopic (exact) mass is 254 g/mol. The van der Waals surface area contributed by atoms with Gasteiger partial charge in [-0.15, -0.1) is 0 Å². The molecule has 1 heterocycles. The standard InChI is InChI=1S/C12H22N4O2/c1-4-6-7-14-11-9(12(17)18-3)10(13)16(15-11)8-5-2/h4-8,13H2,1-3H3,(H,14,15). The third-order valence-corrected chi connectivity index (χ3v) is 2.64. The van der Waals surface area contributed by atoms with Crippen LogP contribution in [-0.4, -0.2) is 29.4 Å². The minimum Gasteiger partial charge on any atom is -0.465 e. The minimum atomic E-state index is -0.450. The van der Waals surface area contributed by atoms with Crippen molar-refractivity contribution in [1.82, 2.24) is 9.78 Å². The van der Waals surface area contributed by atoms with Gasteiger partial charge in [0.05, 0.1) is 7.11 Å². The van der Waals surface area contributed by atoms with Crippen molar-refractivity contribution in [1.29, 1.82) is 0 Å². The number of aromatic nitrogens is 2. The molecule has 0 saturated carbocycles. The number of ether oxygens (including phenoxy) is 1. The van der Waals surface area contributed by atoms with Crippen LogP contribution >= 0.6 is 0 Å². The van der Waals surface area contributed by atoms with Crippen molar-refractivity contribution in [2.45, 2.75) is 39.7 Å². The summed E-state index contributed by atoms with van der Waals surface area (Å²) in [6.07, 6.45) is 2.99. The molecule has 1 rings (SSSR count). The first-order valence-electron chi connectivity index (χ1n) is 6.34. The normalized spacial score (nSPS) is 10.4. The highest BCUT2D eigenvalue weighted by molar-refractivity contribution is 5.99. The van der Waals surface area contributed by atoms with E-state index >= 15 is 0 Å². The number of rotatable bonds is 7. The Balaban J connectivity index is 2.97. The van der Waals surface area contributed by atoms with E-state index in [1.165, 1.54) is 7.11 Å². The van der Waals surface area contributed by atoms with E-state index in [1.807, 2.05) is 6.92 Å². The molecule has 1 aromatic heterocycles. The number of nitrogens with one attached hydrogen (secondary N) is 1. The van der Waals surface area contributed by atoms with Gasteiger partial charge >= 0.3 is 5.97 Å². The first kappa shape index (κ1) is 14.3. The third kappa shape index (κ3) is 3.15. The zero-order valence-electron chi connectivity index (χ0n) is 11.3.